The number of benzene rings is 3. The van der Waals surface area contributed by atoms with Crippen LogP contribution in [0.1, 0.15) is 21.5 Å². The molecule has 0 saturated carbocycles. The second-order valence-electron chi connectivity index (χ2n) is 7.87. The summed E-state index contributed by atoms with van der Waals surface area (Å²) in [6.07, 6.45) is 0. The Labute approximate surface area is 211 Å². The number of amides is 1. The molecule has 0 saturated heterocycles. The molecule has 0 atom stereocenters. The first kappa shape index (κ1) is 26.8. The molecule has 0 heterocycles. The highest BCUT2D eigenvalue weighted by Gasteiger charge is 2.23. The van der Waals surface area contributed by atoms with E-state index in [4.69, 9.17) is 18.9 Å². The molecule has 192 valence electrons. The van der Waals surface area contributed by atoms with E-state index in [1.165, 1.54) is 51.5 Å². The lowest BCUT2D eigenvalue weighted by Crippen LogP contribution is -2.27. The number of hydrogen-bond donors (Lipinski definition) is 1. The van der Waals surface area contributed by atoms with Gasteiger partial charge >= 0.3 is 0 Å². The van der Waals surface area contributed by atoms with Crippen LogP contribution in [0.15, 0.2) is 65.6 Å². The van der Waals surface area contributed by atoms with Crippen LogP contribution in [0.25, 0.3) is 0 Å². The molecule has 0 aliphatic heterocycles. The van der Waals surface area contributed by atoms with Gasteiger partial charge in [0.1, 0.15) is 10.6 Å². The summed E-state index contributed by atoms with van der Waals surface area (Å²) in [7, 11) is 3.58. The number of rotatable bonds is 11. The van der Waals surface area contributed by atoms with Crippen LogP contribution in [0.4, 0.5) is 0 Å². The molecule has 1 amide bonds. The molecule has 3 rings (SSSR count). The van der Waals surface area contributed by atoms with Gasteiger partial charge in [0.05, 0.1) is 28.4 Å². The summed E-state index contributed by atoms with van der Waals surface area (Å²) in [5, 5.41) is 0. The summed E-state index contributed by atoms with van der Waals surface area (Å²) in [4.78, 5) is 14.6. The zero-order chi connectivity index (χ0) is 26.3. The van der Waals surface area contributed by atoms with Crippen LogP contribution in [0.3, 0.4) is 0 Å². The fourth-order valence-electron chi connectivity index (χ4n) is 3.66. The van der Waals surface area contributed by atoms with Crippen molar-refractivity contribution in [2.75, 3.05) is 35.5 Å². The van der Waals surface area contributed by atoms with E-state index in [9.17, 15) is 13.2 Å². The van der Waals surface area contributed by atoms with Crippen molar-refractivity contribution in [2.24, 2.45) is 0 Å². The van der Waals surface area contributed by atoms with Gasteiger partial charge in [-0.2, -0.15) is 0 Å². The number of carbonyl (C=O) groups excluding carboxylic acids is 1. The van der Waals surface area contributed by atoms with Gasteiger partial charge in [0.15, 0.2) is 11.5 Å². The lowest BCUT2D eigenvalue weighted by molar-refractivity contribution is 0.0784. The third-order valence-electron chi connectivity index (χ3n) is 5.50. The molecule has 0 radical (unpaired) electrons. The second kappa shape index (κ2) is 11.8. The Morgan fingerprint density at radius 3 is 1.97 bits per heavy atom. The first-order valence-corrected chi connectivity index (χ1v) is 12.5. The predicted octanol–water partition coefficient (Wildman–Crippen LogP) is 3.47. The molecule has 0 spiro atoms. The average Bonchev–Trinajstić information content (AvgIpc) is 2.91. The Hall–Kier alpha value is -3.76. The zero-order valence-electron chi connectivity index (χ0n) is 20.9. The first-order chi connectivity index (χ1) is 17.2. The van der Waals surface area contributed by atoms with E-state index in [0.29, 0.717) is 17.2 Å². The van der Waals surface area contributed by atoms with Crippen molar-refractivity contribution in [3.8, 4) is 23.0 Å². The van der Waals surface area contributed by atoms with Crippen molar-refractivity contribution in [3.63, 3.8) is 0 Å². The van der Waals surface area contributed by atoms with Gasteiger partial charge in [-0.05, 0) is 41.5 Å². The molecule has 1 N–H and O–H groups in total. The highest BCUT2D eigenvalue weighted by atomic mass is 32.2. The van der Waals surface area contributed by atoms with E-state index in [-0.39, 0.29) is 35.2 Å². The molecule has 3 aromatic rings. The van der Waals surface area contributed by atoms with Gasteiger partial charge in [0, 0.05) is 25.7 Å². The SMILES string of the molecule is COc1ccc(C(=O)N(C)Cc2cc(OC)c(OC)c(OC)c2)cc1S(=O)(=O)NCc1ccccc1. The monoisotopic (exact) mass is 514 g/mol. The topological polar surface area (TPSA) is 103 Å². The summed E-state index contributed by atoms with van der Waals surface area (Å²) in [5.74, 6) is 1.15. The Bertz CT molecular complexity index is 1290. The fourth-order valence-corrected chi connectivity index (χ4v) is 4.87. The standard InChI is InChI=1S/C26H30N2O7S/c1-28(17-19-13-22(33-3)25(35-5)23(14-19)34-4)26(29)20-11-12-21(32-2)24(15-20)36(30,31)27-16-18-9-7-6-8-10-18/h6-15,27H,16-17H2,1-5H3. The van der Waals surface area contributed by atoms with Crippen molar-refractivity contribution in [1.29, 1.82) is 0 Å². The number of nitrogens with zero attached hydrogens (tertiary/aromatic N) is 1. The van der Waals surface area contributed by atoms with Crippen LogP contribution in [-0.2, 0) is 23.1 Å². The maximum absolute atomic E-state index is 13.2. The number of methoxy groups -OCH3 is 4. The summed E-state index contributed by atoms with van der Waals surface area (Å²) in [5.41, 5.74) is 1.74. The molecule has 10 heteroatoms. The van der Waals surface area contributed by atoms with Crippen LogP contribution in [0, 0.1) is 0 Å². The van der Waals surface area contributed by atoms with Gasteiger partial charge in [0.2, 0.25) is 15.8 Å². The molecule has 0 aromatic heterocycles. The minimum Gasteiger partial charge on any atom is -0.495 e. The minimum atomic E-state index is -3.96. The molecule has 0 fully saturated rings. The van der Waals surface area contributed by atoms with E-state index in [1.807, 2.05) is 30.3 Å². The highest BCUT2D eigenvalue weighted by Crippen LogP contribution is 2.38. The van der Waals surface area contributed by atoms with E-state index >= 15 is 0 Å². The number of carbonyl (C=O) groups is 1. The van der Waals surface area contributed by atoms with Crippen molar-refractivity contribution >= 4 is 15.9 Å². The molecule has 9 nitrogen and oxygen atoms in total. The van der Waals surface area contributed by atoms with Crippen molar-refractivity contribution in [3.05, 3.63) is 77.4 Å². The fraction of sp³-hybridized carbons (Fsp3) is 0.269. The van der Waals surface area contributed by atoms with E-state index < -0.39 is 10.0 Å². The number of hydrogen-bond acceptors (Lipinski definition) is 7. The second-order valence-corrected chi connectivity index (χ2v) is 9.61. The normalized spacial score (nSPS) is 11.0. The molecule has 36 heavy (non-hydrogen) atoms. The van der Waals surface area contributed by atoms with Gasteiger partial charge in [-0.25, -0.2) is 13.1 Å². The third-order valence-corrected chi connectivity index (χ3v) is 6.92. The van der Waals surface area contributed by atoms with Crippen LogP contribution >= 0.6 is 0 Å². The van der Waals surface area contributed by atoms with Crippen molar-refractivity contribution in [1.82, 2.24) is 9.62 Å². The van der Waals surface area contributed by atoms with E-state index in [1.54, 1.807) is 19.2 Å². The van der Waals surface area contributed by atoms with E-state index in [2.05, 4.69) is 4.72 Å². The lowest BCUT2D eigenvalue weighted by Gasteiger charge is -2.20. The quantitative estimate of drug-likeness (QED) is 0.418. The molecular formula is C26H30N2O7S. The molecule has 0 unspecified atom stereocenters. The van der Waals surface area contributed by atoms with Crippen LogP contribution < -0.4 is 23.7 Å². The van der Waals surface area contributed by atoms with Crippen LogP contribution in [-0.4, -0.2) is 54.7 Å². The summed E-state index contributed by atoms with van der Waals surface area (Å²) < 4.78 is 50.1. The minimum absolute atomic E-state index is 0.103. The van der Waals surface area contributed by atoms with Gasteiger partial charge in [-0.15, -0.1) is 0 Å². The maximum Gasteiger partial charge on any atom is 0.253 e. The van der Waals surface area contributed by atoms with Crippen molar-refractivity contribution < 1.29 is 32.2 Å². The number of nitrogens with one attached hydrogen (secondary N) is 1. The number of ether oxygens (including phenoxy) is 4. The lowest BCUT2D eigenvalue weighted by atomic mass is 10.1. The van der Waals surface area contributed by atoms with Crippen LogP contribution in [0.2, 0.25) is 0 Å². The Morgan fingerprint density at radius 2 is 1.42 bits per heavy atom. The van der Waals surface area contributed by atoms with Gasteiger partial charge in [-0.1, -0.05) is 30.3 Å². The van der Waals surface area contributed by atoms with E-state index in [0.717, 1.165) is 11.1 Å². The van der Waals surface area contributed by atoms with Gasteiger partial charge < -0.3 is 23.8 Å². The molecule has 0 aliphatic rings. The summed E-state index contributed by atoms with van der Waals surface area (Å²) >= 11 is 0. The third kappa shape index (κ3) is 6.07. The molecular weight excluding hydrogens is 484 g/mol. The largest absolute Gasteiger partial charge is 0.495 e. The van der Waals surface area contributed by atoms with Crippen molar-refractivity contribution in [2.45, 2.75) is 18.0 Å². The smallest absolute Gasteiger partial charge is 0.253 e. The van der Waals surface area contributed by atoms with Crippen LogP contribution in [0.5, 0.6) is 23.0 Å². The summed E-state index contributed by atoms with van der Waals surface area (Å²) in [6.45, 7) is 0.321. The predicted molar refractivity (Wildman–Crippen MR) is 135 cm³/mol. The Morgan fingerprint density at radius 1 is 0.806 bits per heavy atom. The van der Waals surface area contributed by atoms with Gasteiger partial charge in [-0.3, -0.25) is 4.79 Å². The maximum atomic E-state index is 13.2. The molecule has 0 aliphatic carbocycles. The van der Waals surface area contributed by atoms with Gasteiger partial charge in [0.25, 0.3) is 5.91 Å². The number of sulfonamides is 1. The Kier molecular flexibility index (Phi) is 8.78. The molecule has 0 bridgehead atoms. The molecule has 3 aromatic carbocycles. The summed E-state index contributed by atoms with van der Waals surface area (Å²) in [6, 6.07) is 17.0. The first-order valence-electron chi connectivity index (χ1n) is 11.0. The zero-order valence-corrected chi connectivity index (χ0v) is 21.7. The highest BCUT2D eigenvalue weighted by molar-refractivity contribution is 7.89. The average molecular weight is 515 g/mol. The Balaban J connectivity index is 1.85.